The van der Waals surface area contributed by atoms with Crippen molar-refractivity contribution in [2.45, 2.75) is 25.1 Å². The first-order valence-electron chi connectivity index (χ1n) is 9.59. The van der Waals surface area contributed by atoms with Crippen LogP contribution in [-0.2, 0) is 12.6 Å². The van der Waals surface area contributed by atoms with Crippen LogP contribution < -0.4 is 5.32 Å². The fraction of sp³-hybridized carbons (Fsp3) is 0.208. The van der Waals surface area contributed by atoms with Crippen LogP contribution in [0.25, 0.3) is 16.7 Å². The van der Waals surface area contributed by atoms with Crippen molar-refractivity contribution in [1.29, 1.82) is 0 Å². The number of nitrogens with zero attached hydrogens (tertiary/aromatic N) is 1. The van der Waals surface area contributed by atoms with Gasteiger partial charge < -0.3 is 5.32 Å². The van der Waals surface area contributed by atoms with E-state index in [1.54, 1.807) is 18.3 Å². The van der Waals surface area contributed by atoms with E-state index in [1.807, 2.05) is 24.3 Å². The van der Waals surface area contributed by atoms with Crippen LogP contribution in [0.3, 0.4) is 0 Å². The molecule has 0 amide bonds. The number of rotatable bonds is 4. The van der Waals surface area contributed by atoms with Crippen molar-refractivity contribution in [3.05, 3.63) is 95.8 Å². The van der Waals surface area contributed by atoms with E-state index in [0.29, 0.717) is 5.56 Å². The van der Waals surface area contributed by atoms with E-state index in [1.165, 1.54) is 23.3 Å². The molecule has 1 aliphatic heterocycles. The molecule has 0 aliphatic carbocycles. The third kappa shape index (κ3) is 4.74. The van der Waals surface area contributed by atoms with Gasteiger partial charge in [-0.3, -0.25) is 4.98 Å². The number of benzene rings is 2. The quantitative estimate of drug-likeness (QED) is 0.609. The van der Waals surface area contributed by atoms with Crippen molar-refractivity contribution >= 4 is 5.57 Å². The number of pyridine rings is 1. The molecule has 2 nitrogen and oxygen atoms in total. The predicted octanol–water partition coefficient (Wildman–Crippen LogP) is 5.76. The van der Waals surface area contributed by atoms with Gasteiger partial charge in [0.25, 0.3) is 0 Å². The average Bonchev–Trinajstić information content (AvgIpc) is 2.74. The number of hydrogen-bond donors (Lipinski definition) is 1. The summed E-state index contributed by atoms with van der Waals surface area (Å²) in [5.41, 5.74) is 4.06. The lowest BCUT2D eigenvalue weighted by Gasteiger charge is -2.24. The van der Waals surface area contributed by atoms with E-state index >= 15 is 0 Å². The first-order valence-corrected chi connectivity index (χ1v) is 9.59. The lowest BCUT2D eigenvalue weighted by atomic mass is 9.92. The summed E-state index contributed by atoms with van der Waals surface area (Å²) in [6.07, 6.45) is 1.13. The van der Waals surface area contributed by atoms with Gasteiger partial charge in [-0.2, -0.15) is 13.2 Å². The fourth-order valence-corrected chi connectivity index (χ4v) is 3.70. The van der Waals surface area contributed by atoms with Crippen LogP contribution in [0.2, 0.25) is 0 Å². The highest BCUT2D eigenvalue weighted by Crippen LogP contribution is 2.32. The summed E-state index contributed by atoms with van der Waals surface area (Å²) in [5, 5.41) is 3.49. The molecule has 0 bridgehead atoms. The molecule has 148 valence electrons. The molecular weight excluding hydrogens is 373 g/mol. The molecular formula is C24H21F3N2. The zero-order valence-electron chi connectivity index (χ0n) is 15.8. The Morgan fingerprint density at radius 3 is 2.45 bits per heavy atom. The zero-order valence-corrected chi connectivity index (χ0v) is 15.8. The number of hydrogen-bond acceptors (Lipinski definition) is 2. The largest absolute Gasteiger partial charge is 0.416 e. The third-order valence-corrected chi connectivity index (χ3v) is 5.16. The van der Waals surface area contributed by atoms with Gasteiger partial charge in [0.05, 0.1) is 5.56 Å². The maximum atomic E-state index is 13.0. The van der Waals surface area contributed by atoms with E-state index in [2.05, 4.69) is 28.5 Å². The molecule has 1 aromatic heterocycles. The molecule has 0 radical (unpaired) electrons. The van der Waals surface area contributed by atoms with Gasteiger partial charge in [-0.05, 0) is 52.9 Å². The maximum absolute atomic E-state index is 13.0. The van der Waals surface area contributed by atoms with Crippen LogP contribution in [0.4, 0.5) is 13.2 Å². The van der Waals surface area contributed by atoms with Gasteiger partial charge >= 0.3 is 6.18 Å². The minimum atomic E-state index is -4.35. The molecule has 1 N–H and O–H groups in total. The molecule has 1 atom stereocenters. The van der Waals surface area contributed by atoms with E-state index in [9.17, 15) is 13.2 Å². The molecule has 1 aliphatic rings. The minimum Gasteiger partial charge on any atom is -0.310 e. The molecule has 0 fully saturated rings. The maximum Gasteiger partial charge on any atom is 0.416 e. The van der Waals surface area contributed by atoms with Crippen LogP contribution in [0, 0.1) is 0 Å². The monoisotopic (exact) mass is 394 g/mol. The second-order valence-electron chi connectivity index (χ2n) is 7.22. The Labute approximate surface area is 168 Å². The molecule has 1 unspecified atom stereocenters. The molecule has 4 rings (SSSR count). The molecule has 0 spiro atoms. The van der Waals surface area contributed by atoms with Crippen molar-refractivity contribution in [3.63, 3.8) is 0 Å². The van der Waals surface area contributed by atoms with Crippen molar-refractivity contribution in [1.82, 2.24) is 10.3 Å². The summed E-state index contributed by atoms with van der Waals surface area (Å²) in [6.45, 7) is 0.794. The van der Waals surface area contributed by atoms with Crippen molar-refractivity contribution in [2.75, 3.05) is 6.54 Å². The molecule has 0 saturated carbocycles. The summed E-state index contributed by atoms with van der Waals surface area (Å²) in [6, 6.07) is 19.6. The first kappa shape index (κ1) is 19.4. The average molecular weight is 394 g/mol. The topological polar surface area (TPSA) is 24.9 Å². The SMILES string of the molecule is FC(F)(F)c1cccc(-c2ccnc(CC3CC(c4ccccc4)=CCN3)c2)c1. The Bertz CT molecular complexity index is 1010. The van der Waals surface area contributed by atoms with Gasteiger partial charge in [0, 0.05) is 30.9 Å². The van der Waals surface area contributed by atoms with E-state index in [-0.39, 0.29) is 6.04 Å². The molecule has 5 heteroatoms. The molecule has 0 saturated heterocycles. The van der Waals surface area contributed by atoms with E-state index < -0.39 is 11.7 Å². The summed E-state index contributed by atoms with van der Waals surface area (Å²) < 4.78 is 39.1. The standard InChI is InChI=1S/C24H21F3N2/c25-24(26,27)21-8-4-7-18(13-21)20-10-12-29-23(15-20)16-22-14-19(9-11-28-22)17-5-2-1-3-6-17/h1-10,12-13,15,22,28H,11,14,16H2. The van der Waals surface area contributed by atoms with Gasteiger partial charge in [0.2, 0.25) is 0 Å². The zero-order chi connectivity index (χ0) is 20.3. The molecule has 2 aromatic carbocycles. The summed E-state index contributed by atoms with van der Waals surface area (Å²) in [4.78, 5) is 4.45. The van der Waals surface area contributed by atoms with Crippen molar-refractivity contribution < 1.29 is 13.2 Å². The van der Waals surface area contributed by atoms with Crippen LogP contribution >= 0.6 is 0 Å². The number of nitrogens with one attached hydrogen (secondary N) is 1. The van der Waals surface area contributed by atoms with E-state index in [4.69, 9.17) is 0 Å². The number of alkyl halides is 3. The van der Waals surface area contributed by atoms with Gasteiger partial charge in [-0.1, -0.05) is 48.5 Å². The molecule has 3 aromatic rings. The Balaban J connectivity index is 1.51. The lowest BCUT2D eigenvalue weighted by Crippen LogP contribution is -2.34. The van der Waals surface area contributed by atoms with Gasteiger partial charge in [-0.25, -0.2) is 0 Å². The highest BCUT2D eigenvalue weighted by Gasteiger charge is 2.30. The summed E-state index contributed by atoms with van der Waals surface area (Å²) in [7, 11) is 0. The van der Waals surface area contributed by atoms with Crippen LogP contribution in [0.15, 0.2) is 79.0 Å². The van der Waals surface area contributed by atoms with Gasteiger partial charge in [-0.15, -0.1) is 0 Å². The third-order valence-electron chi connectivity index (χ3n) is 5.16. The van der Waals surface area contributed by atoms with Crippen LogP contribution in [-0.4, -0.2) is 17.6 Å². The van der Waals surface area contributed by atoms with Gasteiger partial charge in [0.1, 0.15) is 0 Å². The highest BCUT2D eigenvalue weighted by atomic mass is 19.4. The normalized spacial score (nSPS) is 17.1. The summed E-state index contributed by atoms with van der Waals surface area (Å²) >= 11 is 0. The van der Waals surface area contributed by atoms with Gasteiger partial charge in [0.15, 0.2) is 0 Å². The Hall–Kier alpha value is -2.92. The Morgan fingerprint density at radius 2 is 1.66 bits per heavy atom. The lowest BCUT2D eigenvalue weighted by molar-refractivity contribution is -0.137. The molecule has 29 heavy (non-hydrogen) atoms. The Kier molecular flexibility index (Phi) is 5.49. The Morgan fingerprint density at radius 1 is 0.897 bits per heavy atom. The second kappa shape index (κ2) is 8.21. The number of halogens is 3. The first-order chi connectivity index (χ1) is 14.0. The summed E-state index contributed by atoms with van der Waals surface area (Å²) in [5.74, 6) is 0. The minimum absolute atomic E-state index is 0.236. The van der Waals surface area contributed by atoms with Crippen molar-refractivity contribution in [3.8, 4) is 11.1 Å². The second-order valence-corrected chi connectivity index (χ2v) is 7.22. The highest BCUT2D eigenvalue weighted by molar-refractivity contribution is 5.67. The predicted molar refractivity (Wildman–Crippen MR) is 109 cm³/mol. The van der Waals surface area contributed by atoms with Crippen LogP contribution in [0.1, 0.15) is 23.2 Å². The fourth-order valence-electron chi connectivity index (χ4n) is 3.70. The van der Waals surface area contributed by atoms with Crippen molar-refractivity contribution in [2.24, 2.45) is 0 Å². The van der Waals surface area contributed by atoms with Crippen LogP contribution in [0.5, 0.6) is 0 Å². The van der Waals surface area contributed by atoms with E-state index in [0.717, 1.165) is 36.7 Å². The molecule has 2 heterocycles. The smallest absolute Gasteiger partial charge is 0.310 e. The number of aromatic nitrogens is 1.